The van der Waals surface area contributed by atoms with Crippen molar-refractivity contribution in [3.05, 3.63) is 57.5 Å². The minimum atomic E-state index is -4.39. The molecule has 0 radical (unpaired) electrons. The minimum Gasteiger partial charge on any atom is -0.330 e. The summed E-state index contributed by atoms with van der Waals surface area (Å²) >= 11 is 0. The van der Waals surface area contributed by atoms with Gasteiger partial charge in [-0.1, -0.05) is 12.1 Å². The molecule has 20 heavy (non-hydrogen) atoms. The second-order valence-electron chi connectivity index (χ2n) is 4.43. The third-order valence-electron chi connectivity index (χ3n) is 2.92. The lowest BCUT2D eigenvalue weighted by Gasteiger charge is -2.08. The van der Waals surface area contributed by atoms with E-state index < -0.39 is 11.7 Å². The number of aromatic nitrogens is 2. The van der Waals surface area contributed by atoms with E-state index in [9.17, 15) is 18.0 Å². The molecule has 108 valence electrons. The van der Waals surface area contributed by atoms with Crippen LogP contribution in [-0.4, -0.2) is 16.3 Å². The maximum Gasteiger partial charge on any atom is 0.416 e. The summed E-state index contributed by atoms with van der Waals surface area (Å²) in [6, 6.07) is 4.91. The lowest BCUT2D eigenvalue weighted by Crippen LogP contribution is -2.21. The van der Waals surface area contributed by atoms with Crippen LogP contribution in [0.5, 0.6) is 0 Å². The molecule has 0 aliphatic rings. The van der Waals surface area contributed by atoms with Crippen LogP contribution in [0.2, 0.25) is 0 Å². The maximum atomic E-state index is 12.6. The van der Waals surface area contributed by atoms with Crippen molar-refractivity contribution >= 4 is 0 Å². The topological polar surface area (TPSA) is 63.8 Å². The van der Waals surface area contributed by atoms with Crippen molar-refractivity contribution in [1.82, 2.24) is 9.78 Å². The number of nitrogens with one attached hydrogen (secondary N) is 1. The van der Waals surface area contributed by atoms with E-state index >= 15 is 0 Å². The molecule has 0 aliphatic heterocycles. The van der Waals surface area contributed by atoms with Gasteiger partial charge in [-0.2, -0.15) is 13.2 Å². The fraction of sp³-hybridized carbons (Fsp3) is 0.308. The Morgan fingerprint density at radius 2 is 2.05 bits per heavy atom. The van der Waals surface area contributed by atoms with Crippen molar-refractivity contribution in [3.63, 3.8) is 0 Å². The summed E-state index contributed by atoms with van der Waals surface area (Å²) in [6.07, 6.45) is -2.42. The number of hydrogen-bond donors (Lipinski definition) is 2. The molecule has 0 bridgehead atoms. The highest BCUT2D eigenvalue weighted by molar-refractivity contribution is 5.26. The lowest BCUT2D eigenvalue weighted by atomic mass is 10.1. The smallest absolute Gasteiger partial charge is 0.330 e. The van der Waals surface area contributed by atoms with E-state index in [1.165, 1.54) is 16.9 Å². The summed E-state index contributed by atoms with van der Waals surface area (Å²) in [7, 11) is 0. The zero-order chi connectivity index (χ0) is 14.8. The van der Waals surface area contributed by atoms with Gasteiger partial charge < -0.3 is 10.8 Å². The molecule has 3 N–H and O–H groups in total. The molecule has 2 rings (SSSR count). The first-order valence-corrected chi connectivity index (χ1v) is 6.05. The molecule has 0 unspecified atom stereocenters. The average molecular weight is 285 g/mol. The van der Waals surface area contributed by atoms with Crippen LogP contribution in [-0.2, 0) is 19.1 Å². The SMILES string of the molecule is NCCc1c[nH]n(Cc2cccc(C(F)(F)F)c2)c1=O. The fourth-order valence-electron chi connectivity index (χ4n) is 1.93. The number of rotatable bonds is 4. The van der Waals surface area contributed by atoms with E-state index in [2.05, 4.69) is 5.10 Å². The molecule has 0 saturated heterocycles. The molecule has 0 spiro atoms. The summed E-state index contributed by atoms with van der Waals surface area (Å²) in [5.41, 5.74) is 5.32. The summed E-state index contributed by atoms with van der Waals surface area (Å²) in [5, 5.41) is 2.73. The number of benzene rings is 1. The fourth-order valence-corrected chi connectivity index (χ4v) is 1.93. The van der Waals surface area contributed by atoms with Crippen LogP contribution in [0, 0.1) is 0 Å². The first-order chi connectivity index (χ1) is 9.41. The predicted molar refractivity (Wildman–Crippen MR) is 68.4 cm³/mol. The molecule has 4 nitrogen and oxygen atoms in total. The Morgan fingerprint density at radius 1 is 1.30 bits per heavy atom. The first kappa shape index (κ1) is 14.4. The van der Waals surface area contributed by atoms with Crippen LogP contribution >= 0.6 is 0 Å². The molecule has 7 heteroatoms. The normalized spacial score (nSPS) is 11.8. The summed E-state index contributed by atoms with van der Waals surface area (Å²) in [4.78, 5) is 11.9. The molecule has 0 saturated carbocycles. The maximum absolute atomic E-state index is 12.6. The van der Waals surface area contributed by atoms with Gasteiger partial charge in [0, 0.05) is 11.8 Å². The number of nitrogens with zero attached hydrogens (tertiary/aromatic N) is 1. The van der Waals surface area contributed by atoms with Gasteiger partial charge in [-0.15, -0.1) is 0 Å². The molecule has 1 aromatic heterocycles. The molecule has 2 aromatic rings. The number of halogens is 3. The Morgan fingerprint density at radius 3 is 2.70 bits per heavy atom. The molecular weight excluding hydrogens is 271 g/mol. The van der Waals surface area contributed by atoms with E-state index in [1.807, 2.05) is 0 Å². The number of nitrogens with two attached hydrogens (primary N) is 1. The van der Waals surface area contributed by atoms with Crippen LogP contribution in [0.25, 0.3) is 0 Å². The highest BCUT2D eigenvalue weighted by Crippen LogP contribution is 2.29. The standard InChI is InChI=1S/C13H14F3N3O/c14-13(15,16)11-3-1-2-9(6-11)8-19-12(20)10(4-5-17)7-18-19/h1-3,6-7,18H,4-5,8,17H2. The van der Waals surface area contributed by atoms with Gasteiger partial charge in [0.15, 0.2) is 0 Å². The summed E-state index contributed by atoms with van der Waals surface area (Å²) < 4.78 is 39.1. The average Bonchev–Trinajstić information content (AvgIpc) is 2.72. The monoisotopic (exact) mass is 285 g/mol. The molecule has 0 fully saturated rings. The van der Waals surface area contributed by atoms with Crippen LogP contribution in [0.1, 0.15) is 16.7 Å². The van der Waals surface area contributed by atoms with Gasteiger partial charge in [0.1, 0.15) is 0 Å². The van der Waals surface area contributed by atoms with E-state index in [0.717, 1.165) is 12.1 Å². The Balaban J connectivity index is 2.25. The van der Waals surface area contributed by atoms with Crippen molar-refractivity contribution in [2.45, 2.75) is 19.1 Å². The first-order valence-electron chi connectivity index (χ1n) is 6.05. The largest absolute Gasteiger partial charge is 0.416 e. The van der Waals surface area contributed by atoms with Gasteiger partial charge in [-0.05, 0) is 30.7 Å². The minimum absolute atomic E-state index is 0.0628. The van der Waals surface area contributed by atoms with Crippen molar-refractivity contribution in [1.29, 1.82) is 0 Å². The van der Waals surface area contributed by atoms with Crippen molar-refractivity contribution in [2.24, 2.45) is 5.73 Å². The third kappa shape index (κ3) is 3.11. The van der Waals surface area contributed by atoms with Crippen molar-refractivity contribution in [2.75, 3.05) is 6.54 Å². The highest BCUT2D eigenvalue weighted by atomic mass is 19.4. The van der Waals surface area contributed by atoms with Gasteiger partial charge in [0.2, 0.25) is 0 Å². The van der Waals surface area contributed by atoms with Gasteiger partial charge in [-0.25, -0.2) is 4.68 Å². The zero-order valence-electron chi connectivity index (χ0n) is 10.6. The number of hydrogen-bond acceptors (Lipinski definition) is 2. The van der Waals surface area contributed by atoms with Gasteiger partial charge in [0.25, 0.3) is 5.56 Å². The van der Waals surface area contributed by atoms with Crippen LogP contribution < -0.4 is 11.3 Å². The number of alkyl halides is 3. The molecule has 0 atom stereocenters. The quantitative estimate of drug-likeness (QED) is 0.899. The Kier molecular flexibility index (Phi) is 3.99. The predicted octanol–water partition coefficient (Wildman–Crippen LogP) is 1.74. The van der Waals surface area contributed by atoms with E-state index in [-0.39, 0.29) is 12.1 Å². The molecule has 0 aliphatic carbocycles. The molecule has 1 heterocycles. The second-order valence-corrected chi connectivity index (χ2v) is 4.43. The molecular formula is C13H14F3N3O. The Labute approximate surface area is 113 Å². The van der Waals surface area contributed by atoms with Gasteiger partial charge in [-0.3, -0.25) is 4.79 Å². The summed E-state index contributed by atoms with van der Waals surface area (Å²) in [5.74, 6) is 0. The van der Waals surface area contributed by atoms with Crippen LogP contribution in [0.3, 0.4) is 0 Å². The third-order valence-corrected chi connectivity index (χ3v) is 2.92. The summed E-state index contributed by atoms with van der Waals surface area (Å²) in [6.45, 7) is 0.407. The van der Waals surface area contributed by atoms with E-state index in [0.29, 0.717) is 24.1 Å². The lowest BCUT2D eigenvalue weighted by molar-refractivity contribution is -0.137. The Hall–Kier alpha value is -2.02. The number of aromatic amines is 1. The highest BCUT2D eigenvalue weighted by Gasteiger charge is 2.30. The van der Waals surface area contributed by atoms with E-state index in [4.69, 9.17) is 5.73 Å². The van der Waals surface area contributed by atoms with Crippen molar-refractivity contribution in [3.8, 4) is 0 Å². The van der Waals surface area contributed by atoms with Crippen LogP contribution in [0.15, 0.2) is 35.3 Å². The van der Waals surface area contributed by atoms with Gasteiger partial charge in [0.05, 0.1) is 12.1 Å². The van der Waals surface area contributed by atoms with Crippen LogP contribution in [0.4, 0.5) is 13.2 Å². The zero-order valence-corrected chi connectivity index (χ0v) is 10.6. The number of H-pyrrole nitrogens is 1. The second kappa shape index (κ2) is 5.54. The van der Waals surface area contributed by atoms with E-state index in [1.54, 1.807) is 6.07 Å². The van der Waals surface area contributed by atoms with Crippen molar-refractivity contribution < 1.29 is 13.2 Å². The van der Waals surface area contributed by atoms with Gasteiger partial charge >= 0.3 is 6.18 Å². The molecule has 0 amide bonds. The molecule has 1 aromatic carbocycles. The Bertz CT molecular complexity index is 643.